The second kappa shape index (κ2) is 6.77. The summed E-state index contributed by atoms with van der Waals surface area (Å²) >= 11 is 0. The summed E-state index contributed by atoms with van der Waals surface area (Å²) in [6.45, 7) is 2.92. The number of carbonyl (C=O) groups excluding carboxylic acids is 2. The molecule has 2 atom stereocenters. The molecule has 28 heavy (non-hydrogen) atoms. The Morgan fingerprint density at radius 3 is 2.21 bits per heavy atom. The van der Waals surface area contributed by atoms with Crippen molar-refractivity contribution >= 4 is 11.8 Å². The van der Waals surface area contributed by atoms with Gasteiger partial charge in [-0.25, -0.2) is 0 Å². The fraction of sp³-hybridized carbons (Fsp3) is 0.417. The number of benzene rings is 2. The van der Waals surface area contributed by atoms with E-state index in [9.17, 15) is 9.59 Å². The van der Waals surface area contributed by atoms with Crippen LogP contribution in [-0.4, -0.2) is 35.8 Å². The van der Waals surface area contributed by atoms with Crippen LogP contribution in [0, 0.1) is 5.92 Å². The van der Waals surface area contributed by atoms with Gasteiger partial charge in [0.2, 0.25) is 11.8 Å². The normalized spacial score (nSPS) is 27.2. The maximum Gasteiger partial charge on any atom is 0.242 e. The number of rotatable bonds is 3. The lowest BCUT2D eigenvalue weighted by molar-refractivity contribution is -0.136. The van der Waals surface area contributed by atoms with Gasteiger partial charge in [0.15, 0.2) is 0 Å². The van der Waals surface area contributed by atoms with Gasteiger partial charge in [-0.2, -0.15) is 0 Å². The summed E-state index contributed by atoms with van der Waals surface area (Å²) in [5.74, 6) is 1.16. The summed E-state index contributed by atoms with van der Waals surface area (Å²) in [5, 5.41) is 3.19. The van der Waals surface area contributed by atoms with Crippen LogP contribution < -0.4 is 5.32 Å². The predicted octanol–water partition coefficient (Wildman–Crippen LogP) is 3.41. The first-order valence-corrected chi connectivity index (χ1v) is 10.4. The van der Waals surface area contributed by atoms with E-state index in [1.54, 1.807) is 11.8 Å². The van der Waals surface area contributed by atoms with E-state index < -0.39 is 0 Å². The molecule has 6 rings (SSSR count). The number of hydrogen-bond acceptors (Lipinski definition) is 2. The topological polar surface area (TPSA) is 49.4 Å². The highest BCUT2D eigenvalue weighted by atomic mass is 16.2. The Hall–Kier alpha value is -2.62. The van der Waals surface area contributed by atoms with Crippen LogP contribution in [0.15, 0.2) is 48.5 Å². The average Bonchev–Trinajstić information content (AvgIpc) is 3.23. The van der Waals surface area contributed by atoms with Crippen molar-refractivity contribution in [1.82, 2.24) is 10.2 Å². The fourth-order valence-electron chi connectivity index (χ4n) is 5.73. The van der Waals surface area contributed by atoms with E-state index >= 15 is 0 Å². The monoisotopic (exact) mass is 374 g/mol. The highest BCUT2D eigenvalue weighted by Gasteiger charge is 2.43. The van der Waals surface area contributed by atoms with Crippen molar-refractivity contribution < 1.29 is 9.59 Å². The van der Waals surface area contributed by atoms with Gasteiger partial charge in [-0.1, -0.05) is 48.5 Å². The van der Waals surface area contributed by atoms with Crippen molar-refractivity contribution in [2.24, 2.45) is 5.92 Å². The Morgan fingerprint density at radius 2 is 1.61 bits per heavy atom. The zero-order valence-corrected chi connectivity index (χ0v) is 16.2. The summed E-state index contributed by atoms with van der Waals surface area (Å²) in [6.07, 6.45) is 2.75. The molecule has 3 aliphatic carbocycles. The first-order chi connectivity index (χ1) is 13.6. The molecule has 1 aliphatic heterocycles. The van der Waals surface area contributed by atoms with Gasteiger partial charge >= 0.3 is 0 Å². The standard InChI is InChI=1S/C24H26N2O2/c1-15(27)26-12-6-11-22(26)24(28)25-14-16-13-21-17-7-2-4-9-19(17)23(16)20-10-5-3-8-18(20)21/h2-5,7-10,16,21-23H,6,11-14H2,1H3,(H,25,28)/t16-,21?,22+,23?/m0/s1. The number of hydrogen-bond donors (Lipinski definition) is 1. The summed E-state index contributed by atoms with van der Waals surface area (Å²) in [7, 11) is 0. The third kappa shape index (κ3) is 2.66. The van der Waals surface area contributed by atoms with Crippen molar-refractivity contribution in [3.05, 3.63) is 70.8 Å². The van der Waals surface area contributed by atoms with E-state index in [1.165, 1.54) is 22.3 Å². The quantitative estimate of drug-likeness (QED) is 0.895. The molecule has 2 aromatic rings. The number of nitrogens with zero attached hydrogens (tertiary/aromatic N) is 1. The van der Waals surface area contributed by atoms with E-state index in [1.807, 2.05) is 0 Å². The van der Waals surface area contributed by atoms with Gasteiger partial charge in [0.05, 0.1) is 0 Å². The summed E-state index contributed by atoms with van der Waals surface area (Å²) in [5.41, 5.74) is 5.74. The number of carbonyl (C=O) groups is 2. The minimum atomic E-state index is -0.294. The number of amides is 2. The van der Waals surface area contributed by atoms with Crippen LogP contribution in [0.4, 0.5) is 0 Å². The van der Waals surface area contributed by atoms with Gasteiger partial charge in [0.25, 0.3) is 0 Å². The Kier molecular flexibility index (Phi) is 4.22. The van der Waals surface area contributed by atoms with E-state index in [0.717, 1.165) is 19.3 Å². The van der Waals surface area contributed by atoms with Crippen LogP contribution in [0.3, 0.4) is 0 Å². The lowest BCUT2D eigenvalue weighted by atomic mass is 9.59. The molecular weight excluding hydrogens is 348 g/mol. The highest BCUT2D eigenvalue weighted by Crippen LogP contribution is 2.55. The molecule has 144 valence electrons. The Balaban J connectivity index is 1.38. The van der Waals surface area contributed by atoms with Gasteiger partial charge in [-0.3, -0.25) is 9.59 Å². The maximum absolute atomic E-state index is 12.8. The Bertz CT molecular complexity index is 890. The minimum Gasteiger partial charge on any atom is -0.354 e. The van der Waals surface area contributed by atoms with E-state index in [2.05, 4.69) is 53.8 Å². The van der Waals surface area contributed by atoms with Crippen LogP contribution in [0.1, 0.15) is 60.3 Å². The number of likely N-dealkylation sites (tertiary alicyclic amines) is 1. The van der Waals surface area contributed by atoms with Gasteiger partial charge in [-0.15, -0.1) is 0 Å². The zero-order chi connectivity index (χ0) is 19.3. The molecule has 0 unspecified atom stereocenters. The molecule has 4 nitrogen and oxygen atoms in total. The van der Waals surface area contributed by atoms with Crippen LogP contribution in [0.2, 0.25) is 0 Å². The van der Waals surface area contributed by atoms with Crippen LogP contribution in [0.25, 0.3) is 0 Å². The SMILES string of the molecule is CC(=O)N1CCC[C@@H]1C(=O)NC[C@@H]1CC2c3ccccc3C1c1ccccc12. The first-order valence-electron chi connectivity index (χ1n) is 10.4. The molecule has 2 aromatic carbocycles. The van der Waals surface area contributed by atoms with Crippen LogP contribution >= 0.6 is 0 Å². The highest BCUT2D eigenvalue weighted by molar-refractivity contribution is 5.87. The Morgan fingerprint density at radius 1 is 1.00 bits per heavy atom. The third-order valence-corrected chi connectivity index (χ3v) is 6.92. The summed E-state index contributed by atoms with van der Waals surface area (Å²) < 4.78 is 0. The smallest absolute Gasteiger partial charge is 0.242 e. The van der Waals surface area contributed by atoms with Crippen molar-refractivity contribution in [2.75, 3.05) is 13.1 Å². The van der Waals surface area contributed by atoms with Gasteiger partial charge in [0.1, 0.15) is 6.04 Å². The van der Waals surface area contributed by atoms with Crippen LogP contribution in [-0.2, 0) is 9.59 Å². The van der Waals surface area contributed by atoms with E-state index in [-0.39, 0.29) is 17.9 Å². The lowest BCUT2D eigenvalue weighted by Crippen LogP contribution is -2.47. The number of fused-ring (bicyclic) bond motifs is 1. The maximum atomic E-state index is 12.8. The molecule has 1 saturated heterocycles. The lowest BCUT2D eigenvalue weighted by Gasteiger charge is -2.45. The average molecular weight is 374 g/mol. The largest absolute Gasteiger partial charge is 0.354 e. The first kappa shape index (κ1) is 17.5. The molecule has 4 heteroatoms. The van der Waals surface area contributed by atoms with Gasteiger partial charge in [-0.05, 0) is 47.4 Å². The van der Waals surface area contributed by atoms with Crippen LogP contribution in [0.5, 0.6) is 0 Å². The summed E-state index contributed by atoms with van der Waals surface area (Å²) in [6, 6.07) is 17.3. The van der Waals surface area contributed by atoms with Gasteiger partial charge < -0.3 is 10.2 Å². The summed E-state index contributed by atoms with van der Waals surface area (Å²) in [4.78, 5) is 26.3. The predicted molar refractivity (Wildman–Crippen MR) is 108 cm³/mol. The second-order valence-corrected chi connectivity index (χ2v) is 8.40. The van der Waals surface area contributed by atoms with Gasteiger partial charge in [0, 0.05) is 31.8 Å². The molecule has 0 saturated carbocycles. The molecule has 2 amide bonds. The Labute approximate surface area is 165 Å². The third-order valence-electron chi connectivity index (χ3n) is 6.92. The molecule has 4 aliphatic rings. The molecule has 0 radical (unpaired) electrons. The molecular formula is C24H26N2O2. The second-order valence-electron chi connectivity index (χ2n) is 8.40. The van der Waals surface area contributed by atoms with Crippen molar-refractivity contribution in [3.8, 4) is 0 Å². The zero-order valence-electron chi connectivity index (χ0n) is 16.2. The van der Waals surface area contributed by atoms with E-state index in [0.29, 0.717) is 30.8 Å². The van der Waals surface area contributed by atoms with Crippen molar-refractivity contribution in [3.63, 3.8) is 0 Å². The molecule has 2 bridgehead atoms. The fourth-order valence-corrected chi connectivity index (χ4v) is 5.73. The van der Waals surface area contributed by atoms with E-state index in [4.69, 9.17) is 0 Å². The number of nitrogens with one attached hydrogen (secondary N) is 1. The molecule has 0 spiro atoms. The van der Waals surface area contributed by atoms with Crippen molar-refractivity contribution in [1.29, 1.82) is 0 Å². The van der Waals surface area contributed by atoms with Crippen molar-refractivity contribution in [2.45, 2.75) is 44.1 Å². The minimum absolute atomic E-state index is 0.00257. The molecule has 1 heterocycles. The molecule has 1 fully saturated rings. The molecule has 1 N–H and O–H groups in total. The molecule has 0 aromatic heterocycles.